The first-order chi connectivity index (χ1) is 8.65. The summed E-state index contributed by atoms with van der Waals surface area (Å²) < 4.78 is 0. The number of hydrogen-bond donors (Lipinski definition) is 3. The van der Waals surface area contributed by atoms with E-state index in [9.17, 15) is 0 Å². The number of hydrogen-bond acceptors (Lipinski definition) is 4. The number of oxime groups is 1. The van der Waals surface area contributed by atoms with Gasteiger partial charge in [0.25, 0.3) is 0 Å². The summed E-state index contributed by atoms with van der Waals surface area (Å²) in [5.41, 5.74) is 5.50. The van der Waals surface area contributed by atoms with Gasteiger partial charge in [0.2, 0.25) is 0 Å². The molecule has 0 aromatic carbocycles. The van der Waals surface area contributed by atoms with Crippen LogP contribution in [-0.2, 0) is 0 Å². The van der Waals surface area contributed by atoms with Gasteiger partial charge < -0.3 is 21.2 Å². The smallest absolute Gasteiger partial charge is 0.156 e. The largest absolute Gasteiger partial charge is 0.409 e. The number of rotatable bonds is 7. The third kappa shape index (κ3) is 5.23. The van der Waals surface area contributed by atoms with Crippen LogP contribution in [0.1, 0.15) is 45.4 Å². The van der Waals surface area contributed by atoms with E-state index in [4.69, 9.17) is 10.9 Å². The van der Waals surface area contributed by atoms with E-state index in [0.29, 0.717) is 0 Å². The second kappa shape index (κ2) is 8.32. The molecule has 1 saturated carbocycles. The van der Waals surface area contributed by atoms with Crippen molar-refractivity contribution in [3.63, 3.8) is 0 Å². The SMILES string of the molecule is CC(NCCCN(C)C1CCCCC1)/C(N)=N/O. The summed E-state index contributed by atoms with van der Waals surface area (Å²) in [5.74, 6) is 0.246. The summed E-state index contributed by atoms with van der Waals surface area (Å²) in [6.07, 6.45) is 7.97. The molecule has 5 heteroatoms. The van der Waals surface area contributed by atoms with Gasteiger partial charge in [0, 0.05) is 6.04 Å². The standard InChI is InChI=1S/C13H28N4O/c1-11(13(14)16-18)15-9-6-10-17(2)12-7-4-3-5-8-12/h11-12,15,18H,3-10H2,1-2H3,(H2,14,16). The zero-order valence-corrected chi connectivity index (χ0v) is 11.7. The van der Waals surface area contributed by atoms with Crippen LogP contribution >= 0.6 is 0 Å². The molecule has 0 amide bonds. The molecular weight excluding hydrogens is 228 g/mol. The number of nitrogens with one attached hydrogen (secondary N) is 1. The van der Waals surface area contributed by atoms with Crippen LogP contribution in [0.25, 0.3) is 0 Å². The van der Waals surface area contributed by atoms with Crippen LogP contribution in [0.3, 0.4) is 0 Å². The summed E-state index contributed by atoms with van der Waals surface area (Å²) in [6, 6.07) is 0.718. The average Bonchev–Trinajstić information content (AvgIpc) is 2.43. The summed E-state index contributed by atoms with van der Waals surface area (Å²) in [4.78, 5) is 2.48. The van der Waals surface area contributed by atoms with Crippen LogP contribution < -0.4 is 11.1 Å². The molecule has 4 N–H and O–H groups in total. The molecule has 0 aromatic heterocycles. The van der Waals surface area contributed by atoms with Crippen molar-refractivity contribution in [2.75, 3.05) is 20.1 Å². The van der Waals surface area contributed by atoms with Gasteiger partial charge in [-0.3, -0.25) is 0 Å². The van der Waals surface area contributed by atoms with E-state index in [1.54, 1.807) is 0 Å². The Morgan fingerprint density at radius 1 is 1.44 bits per heavy atom. The number of nitrogens with zero attached hydrogens (tertiary/aromatic N) is 2. The van der Waals surface area contributed by atoms with E-state index in [1.807, 2.05) is 6.92 Å². The third-order valence-electron chi connectivity index (χ3n) is 3.90. The third-order valence-corrected chi connectivity index (χ3v) is 3.90. The Bertz CT molecular complexity index is 251. The highest BCUT2D eigenvalue weighted by atomic mass is 16.4. The Hall–Kier alpha value is -0.810. The fraction of sp³-hybridized carbons (Fsp3) is 0.923. The molecule has 106 valence electrons. The van der Waals surface area contributed by atoms with Gasteiger partial charge in [-0.1, -0.05) is 24.4 Å². The average molecular weight is 256 g/mol. The van der Waals surface area contributed by atoms with Gasteiger partial charge in [-0.15, -0.1) is 0 Å². The Labute approximate surface area is 110 Å². The Morgan fingerprint density at radius 2 is 2.11 bits per heavy atom. The maximum absolute atomic E-state index is 8.53. The predicted molar refractivity (Wildman–Crippen MR) is 75.0 cm³/mol. The lowest BCUT2D eigenvalue weighted by Gasteiger charge is -2.31. The lowest BCUT2D eigenvalue weighted by atomic mass is 9.94. The summed E-state index contributed by atoms with van der Waals surface area (Å²) in [7, 11) is 2.23. The second-order valence-electron chi connectivity index (χ2n) is 5.33. The van der Waals surface area contributed by atoms with E-state index in [-0.39, 0.29) is 11.9 Å². The van der Waals surface area contributed by atoms with Gasteiger partial charge in [0.1, 0.15) is 0 Å². The molecule has 0 heterocycles. The topological polar surface area (TPSA) is 73.9 Å². The second-order valence-corrected chi connectivity index (χ2v) is 5.33. The maximum Gasteiger partial charge on any atom is 0.156 e. The lowest BCUT2D eigenvalue weighted by Crippen LogP contribution is -2.41. The predicted octanol–water partition coefficient (Wildman–Crippen LogP) is 1.37. The zero-order valence-electron chi connectivity index (χ0n) is 11.7. The molecule has 0 radical (unpaired) electrons. The van der Waals surface area contributed by atoms with Crippen molar-refractivity contribution < 1.29 is 5.21 Å². The van der Waals surface area contributed by atoms with Crippen LogP contribution in [0.4, 0.5) is 0 Å². The highest BCUT2D eigenvalue weighted by Crippen LogP contribution is 2.21. The van der Waals surface area contributed by atoms with Crippen molar-refractivity contribution in [3.8, 4) is 0 Å². The molecule has 0 aliphatic heterocycles. The minimum Gasteiger partial charge on any atom is -0.409 e. The van der Waals surface area contributed by atoms with E-state index in [0.717, 1.165) is 25.6 Å². The van der Waals surface area contributed by atoms with E-state index >= 15 is 0 Å². The minimum atomic E-state index is -0.0602. The van der Waals surface area contributed by atoms with Crippen LogP contribution in [0.15, 0.2) is 5.16 Å². The van der Waals surface area contributed by atoms with Gasteiger partial charge in [0.15, 0.2) is 5.84 Å². The molecule has 1 rings (SSSR count). The quantitative estimate of drug-likeness (QED) is 0.211. The van der Waals surface area contributed by atoms with Crippen LogP contribution in [0.5, 0.6) is 0 Å². The molecule has 5 nitrogen and oxygen atoms in total. The molecule has 1 aliphatic carbocycles. The van der Waals surface area contributed by atoms with Crippen molar-refractivity contribution in [2.45, 2.75) is 57.5 Å². The Balaban J connectivity index is 2.09. The summed E-state index contributed by atoms with van der Waals surface area (Å²) >= 11 is 0. The number of nitrogens with two attached hydrogens (primary N) is 1. The molecular formula is C13H28N4O. The van der Waals surface area contributed by atoms with Crippen LogP contribution in [0, 0.1) is 0 Å². The fourth-order valence-corrected chi connectivity index (χ4v) is 2.54. The molecule has 1 atom stereocenters. The van der Waals surface area contributed by atoms with Crippen molar-refractivity contribution >= 4 is 5.84 Å². The Kier molecular flexibility index (Phi) is 7.05. The first kappa shape index (κ1) is 15.2. The fourth-order valence-electron chi connectivity index (χ4n) is 2.54. The highest BCUT2D eigenvalue weighted by Gasteiger charge is 2.17. The molecule has 1 unspecified atom stereocenters. The molecule has 0 aromatic rings. The highest BCUT2D eigenvalue weighted by molar-refractivity contribution is 5.84. The molecule has 18 heavy (non-hydrogen) atoms. The van der Waals surface area contributed by atoms with Gasteiger partial charge in [0.05, 0.1) is 6.04 Å². The van der Waals surface area contributed by atoms with Crippen LogP contribution in [0.2, 0.25) is 0 Å². The monoisotopic (exact) mass is 256 g/mol. The Morgan fingerprint density at radius 3 is 2.72 bits per heavy atom. The van der Waals surface area contributed by atoms with Crippen molar-refractivity contribution in [1.29, 1.82) is 0 Å². The maximum atomic E-state index is 8.53. The summed E-state index contributed by atoms with van der Waals surface area (Å²) in [6.45, 7) is 3.91. The first-order valence-corrected chi connectivity index (χ1v) is 7.06. The minimum absolute atomic E-state index is 0.0602. The van der Waals surface area contributed by atoms with Crippen molar-refractivity contribution in [1.82, 2.24) is 10.2 Å². The lowest BCUT2D eigenvalue weighted by molar-refractivity contribution is 0.189. The number of amidine groups is 1. The molecule has 1 aliphatic rings. The van der Waals surface area contributed by atoms with Crippen LogP contribution in [-0.4, -0.2) is 48.2 Å². The molecule has 0 bridgehead atoms. The molecule has 0 spiro atoms. The van der Waals surface area contributed by atoms with E-state index < -0.39 is 0 Å². The van der Waals surface area contributed by atoms with Gasteiger partial charge in [-0.05, 0) is 46.3 Å². The zero-order chi connectivity index (χ0) is 13.4. The van der Waals surface area contributed by atoms with Gasteiger partial charge in [-0.25, -0.2) is 0 Å². The van der Waals surface area contributed by atoms with Gasteiger partial charge in [-0.2, -0.15) is 0 Å². The normalized spacial score (nSPS) is 20.3. The molecule has 0 saturated heterocycles. The van der Waals surface area contributed by atoms with E-state index in [2.05, 4.69) is 22.4 Å². The molecule has 1 fully saturated rings. The van der Waals surface area contributed by atoms with Crippen molar-refractivity contribution in [3.05, 3.63) is 0 Å². The summed E-state index contributed by atoms with van der Waals surface area (Å²) in [5, 5.41) is 14.8. The van der Waals surface area contributed by atoms with Crippen molar-refractivity contribution in [2.24, 2.45) is 10.9 Å². The first-order valence-electron chi connectivity index (χ1n) is 7.06. The van der Waals surface area contributed by atoms with Gasteiger partial charge >= 0.3 is 0 Å². The van der Waals surface area contributed by atoms with E-state index in [1.165, 1.54) is 32.1 Å².